The molecular formula is C24H34O2. The van der Waals surface area contributed by atoms with Crippen LogP contribution >= 0.6 is 0 Å². The summed E-state index contributed by atoms with van der Waals surface area (Å²) in [5.41, 5.74) is 5.80. The minimum absolute atomic E-state index is 0.138. The van der Waals surface area contributed by atoms with Gasteiger partial charge in [0.25, 0.3) is 0 Å². The molecule has 26 heavy (non-hydrogen) atoms. The van der Waals surface area contributed by atoms with Gasteiger partial charge in [0.2, 0.25) is 0 Å². The number of phenolic OH excluding ortho intramolecular Hbond substituents is 2. The fourth-order valence-corrected chi connectivity index (χ4v) is 3.40. The van der Waals surface area contributed by atoms with E-state index in [2.05, 4.69) is 79.7 Å². The SMILES string of the molecule is CCc1cc(-c2cc(CC)c(O)c(C(C)(C)C)c2)cc(C(C)(C)C)c1O. The molecule has 0 spiro atoms. The Kier molecular flexibility index (Phi) is 5.46. The minimum Gasteiger partial charge on any atom is -0.507 e. The van der Waals surface area contributed by atoms with Gasteiger partial charge in [0, 0.05) is 11.1 Å². The van der Waals surface area contributed by atoms with Gasteiger partial charge in [-0.15, -0.1) is 0 Å². The Balaban J connectivity index is 2.80. The van der Waals surface area contributed by atoms with Crippen molar-refractivity contribution >= 4 is 0 Å². The van der Waals surface area contributed by atoms with E-state index in [1.165, 1.54) is 0 Å². The second-order valence-corrected chi connectivity index (χ2v) is 9.27. The predicted octanol–water partition coefficient (Wildman–Crippen LogP) is 6.48. The maximum atomic E-state index is 10.7. The Hall–Kier alpha value is -1.96. The molecule has 0 aliphatic carbocycles. The summed E-state index contributed by atoms with van der Waals surface area (Å²) in [4.78, 5) is 0. The zero-order chi connectivity index (χ0) is 19.9. The number of aryl methyl sites for hydroxylation is 2. The van der Waals surface area contributed by atoms with Gasteiger partial charge in [0.05, 0.1) is 0 Å². The second-order valence-electron chi connectivity index (χ2n) is 9.27. The monoisotopic (exact) mass is 354 g/mol. The van der Waals surface area contributed by atoms with Gasteiger partial charge in [0.1, 0.15) is 11.5 Å². The van der Waals surface area contributed by atoms with Crippen molar-refractivity contribution in [3.05, 3.63) is 46.5 Å². The molecule has 0 saturated carbocycles. The van der Waals surface area contributed by atoms with Crippen molar-refractivity contribution in [3.8, 4) is 22.6 Å². The lowest BCUT2D eigenvalue weighted by Crippen LogP contribution is -2.13. The summed E-state index contributed by atoms with van der Waals surface area (Å²) in [6.07, 6.45) is 1.57. The lowest BCUT2D eigenvalue weighted by atomic mass is 9.80. The number of benzene rings is 2. The third-order valence-electron chi connectivity index (χ3n) is 5.09. The number of hydrogen-bond acceptors (Lipinski definition) is 2. The van der Waals surface area contributed by atoms with E-state index >= 15 is 0 Å². The van der Waals surface area contributed by atoms with Crippen LogP contribution in [0.2, 0.25) is 0 Å². The van der Waals surface area contributed by atoms with Crippen LogP contribution in [0.25, 0.3) is 11.1 Å². The summed E-state index contributed by atoms with van der Waals surface area (Å²) in [5.74, 6) is 0.823. The lowest BCUT2D eigenvalue weighted by Gasteiger charge is -2.25. The van der Waals surface area contributed by atoms with E-state index in [0.717, 1.165) is 46.2 Å². The van der Waals surface area contributed by atoms with Gasteiger partial charge in [-0.25, -0.2) is 0 Å². The molecule has 2 rings (SSSR count). The molecule has 0 unspecified atom stereocenters. The van der Waals surface area contributed by atoms with Crippen LogP contribution in [-0.4, -0.2) is 10.2 Å². The highest BCUT2D eigenvalue weighted by atomic mass is 16.3. The summed E-state index contributed by atoms with van der Waals surface area (Å²) in [5, 5.41) is 21.4. The van der Waals surface area contributed by atoms with E-state index in [4.69, 9.17) is 0 Å². The van der Waals surface area contributed by atoms with Crippen LogP contribution in [0.4, 0.5) is 0 Å². The highest BCUT2D eigenvalue weighted by Crippen LogP contribution is 2.41. The molecule has 2 N–H and O–H groups in total. The first-order chi connectivity index (χ1) is 11.9. The fourth-order valence-electron chi connectivity index (χ4n) is 3.40. The smallest absolute Gasteiger partial charge is 0.122 e. The topological polar surface area (TPSA) is 40.5 Å². The summed E-state index contributed by atoms with van der Waals surface area (Å²) < 4.78 is 0. The Morgan fingerprint density at radius 2 is 0.923 bits per heavy atom. The van der Waals surface area contributed by atoms with Crippen molar-refractivity contribution in [2.75, 3.05) is 0 Å². The molecule has 0 saturated heterocycles. The van der Waals surface area contributed by atoms with Crippen molar-refractivity contribution in [1.82, 2.24) is 0 Å². The number of phenols is 2. The van der Waals surface area contributed by atoms with Crippen molar-refractivity contribution in [2.24, 2.45) is 0 Å². The molecule has 0 atom stereocenters. The Bertz CT molecular complexity index is 733. The Labute approximate surface area is 158 Å². The molecular weight excluding hydrogens is 320 g/mol. The Morgan fingerprint density at radius 1 is 0.615 bits per heavy atom. The van der Waals surface area contributed by atoms with Gasteiger partial charge in [0.15, 0.2) is 0 Å². The normalized spacial score (nSPS) is 12.5. The third kappa shape index (κ3) is 3.90. The lowest BCUT2D eigenvalue weighted by molar-refractivity contribution is 0.440. The summed E-state index contributed by atoms with van der Waals surface area (Å²) in [6, 6.07) is 8.38. The number of rotatable bonds is 3. The van der Waals surface area contributed by atoms with Crippen LogP contribution in [-0.2, 0) is 23.7 Å². The molecule has 2 aromatic carbocycles. The molecule has 0 aliphatic rings. The quantitative estimate of drug-likeness (QED) is 0.662. The average Bonchev–Trinajstić information content (AvgIpc) is 2.53. The second kappa shape index (κ2) is 6.98. The maximum Gasteiger partial charge on any atom is 0.122 e. The van der Waals surface area contributed by atoms with Gasteiger partial charge in [-0.05, 0) is 70.2 Å². The largest absolute Gasteiger partial charge is 0.507 e. The van der Waals surface area contributed by atoms with Crippen LogP contribution < -0.4 is 0 Å². The number of hydrogen-bond donors (Lipinski definition) is 2. The first-order valence-corrected chi connectivity index (χ1v) is 9.63. The molecule has 0 bridgehead atoms. The van der Waals surface area contributed by atoms with Crippen molar-refractivity contribution in [1.29, 1.82) is 0 Å². The molecule has 0 heterocycles. The van der Waals surface area contributed by atoms with E-state index < -0.39 is 0 Å². The van der Waals surface area contributed by atoms with E-state index in [0.29, 0.717) is 11.5 Å². The highest BCUT2D eigenvalue weighted by Gasteiger charge is 2.24. The van der Waals surface area contributed by atoms with Crippen molar-refractivity contribution in [2.45, 2.75) is 79.1 Å². The van der Waals surface area contributed by atoms with Gasteiger partial charge in [-0.2, -0.15) is 0 Å². The predicted molar refractivity (Wildman–Crippen MR) is 111 cm³/mol. The molecule has 2 aromatic rings. The summed E-state index contributed by atoms with van der Waals surface area (Å²) in [6.45, 7) is 16.9. The summed E-state index contributed by atoms with van der Waals surface area (Å²) >= 11 is 0. The molecule has 0 aromatic heterocycles. The van der Waals surface area contributed by atoms with Crippen molar-refractivity contribution < 1.29 is 10.2 Å². The molecule has 2 nitrogen and oxygen atoms in total. The average molecular weight is 355 g/mol. The van der Waals surface area contributed by atoms with Crippen LogP contribution in [0.3, 0.4) is 0 Å². The molecule has 0 radical (unpaired) electrons. The standard InChI is InChI=1S/C24H34O2/c1-9-15-11-17(13-19(21(15)25)23(3,4)5)18-12-16(10-2)22(26)20(14-18)24(6,7)8/h11-14,25-26H,9-10H2,1-8H3. The van der Waals surface area contributed by atoms with Crippen LogP contribution in [0.1, 0.15) is 77.6 Å². The van der Waals surface area contributed by atoms with E-state index in [1.54, 1.807) is 0 Å². The highest BCUT2D eigenvalue weighted by molar-refractivity contribution is 5.71. The first kappa shape index (κ1) is 20.4. The molecule has 2 heteroatoms. The van der Waals surface area contributed by atoms with Gasteiger partial charge in [-0.3, -0.25) is 0 Å². The van der Waals surface area contributed by atoms with E-state index in [-0.39, 0.29) is 10.8 Å². The fraction of sp³-hybridized carbons (Fsp3) is 0.500. The number of aromatic hydroxyl groups is 2. The zero-order valence-corrected chi connectivity index (χ0v) is 17.6. The maximum absolute atomic E-state index is 10.7. The van der Waals surface area contributed by atoms with Gasteiger partial charge < -0.3 is 10.2 Å². The zero-order valence-electron chi connectivity index (χ0n) is 17.6. The van der Waals surface area contributed by atoms with Crippen LogP contribution in [0, 0.1) is 0 Å². The van der Waals surface area contributed by atoms with E-state index in [1.807, 2.05) is 0 Å². The van der Waals surface area contributed by atoms with Gasteiger partial charge in [-0.1, -0.05) is 55.4 Å². The first-order valence-electron chi connectivity index (χ1n) is 9.63. The van der Waals surface area contributed by atoms with Crippen LogP contribution in [0.15, 0.2) is 24.3 Å². The van der Waals surface area contributed by atoms with Gasteiger partial charge >= 0.3 is 0 Å². The van der Waals surface area contributed by atoms with Crippen molar-refractivity contribution in [3.63, 3.8) is 0 Å². The Morgan fingerprint density at radius 3 is 1.15 bits per heavy atom. The van der Waals surface area contributed by atoms with Crippen LogP contribution in [0.5, 0.6) is 11.5 Å². The molecule has 0 fully saturated rings. The third-order valence-corrected chi connectivity index (χ3v) is 5.09. The van der Waals surface area contributed by atoms with E-state index in [9.17, 15) is 10.2 Å². The minimum atomic E-state index is -0.138. The summed E-state index contributed by atoms with van der Waals surface area (Å²) in [7, 11) is 0. The molecule has 0 aliphatic heterocycles. The molecule has 0 amide bonds. The molecule has 142 valence electrons.